The molecule has 5 nitrogen and oxygen atoms in total. The third kappa shape index (κ3) is 3.19. The van der Waals surface area contributed by atoms with E-state index in [2.05, 4.69) is 9.71 Å². The van der Waals surface area contributed by atoms with Gasteiger partial charge >= 0.3 is 0 Å². The van der Waals surface area contributed by atoms with E-state index in [4.69, 9.17) is 0 Å². The van der Waals surface area contributed by atoms with Crippen LogP contribution in [0, 0.1) is 6.92 Å². The largest absolute Gasteiger partial charge is 0.363 e. The van der Waals surface area contributed by atoms with E-state index in [1.165, 1.54) is 0 Å². The minimum atomic E-state index is -3.64. The summed E-state index contributed by atoms with van der Waals surface area (Å²) in [6.07, 6.45) is 0. The number of sulfonamides is 1. The monoisotopic (exact) mass is 341 g/mol. The van der Waals surface area contributed by atoms with Crippen LogP contribution in [0.25, 0.3) is 10.9 Å². The lowest BCUT2D eigenvalue weighted by Gasteiger charge is -2.14. The fraction of sp³-hybridized carbons (Fsp3) is 0.167. The first-order chi connectivity index (χ1) is 11.4. The molecule has 0 aliphatic rings. The maximum atomic E-state index is 12.6. The molecule has 124 valence electrons. The lowest BCUT2D eigenvalue weighted by Crippen LogP contribution is -2.13. The van der Waals surface area contributed by atoms with E-state index in [1.807, 2.05) is 38.1 Å². The van der Waals surface area contributed by atoms with Crippen LogP contribution in [0.5, 0.6) is 0 Å². The number of benzene rings is 2. The molecule has 3 aromatic rings. The van der Waals surface area contributed by atoms with Crippen molar-refractivity contribution in [3.63, 3.8) is 0 Å². The van der Waals surface area contributed by atoms with Crippen molar-refractivity contribution < 1.29 is 8.42 Å². The smallest absolute Gasteiger partial charge is 0.261 e. The van der Waals surface area contributed by atoms with Crippen molar-refractivity contribution >= 4 is 32.4 Å². The first kappa shape index (κ1) is 16.3. The average Bonchev–Trinajstić information content (AvgIpc) is 2.55. The summed E-state index contributed by atoms with van der Waals surface area (Å²) in [6.45, 7) is 1.96. The summed E-state index contributed by atoms with van der Waals surface area (Å²) in [7, 11) is 0.217. The first-order valence-corrected chi connectivity index (χ1v) is 9.02. The molecule has 3 rings (SSSR count). The molecule has 2 aromatic carbocycles. The maximum absolute atomic E-state index is 12.6. The Morgan fingerprint density at radius 2 is 1.71 bits per heavy atom. The molecule has 0 spiro atoms. The van der Waals surface area contributed by atoms with Crippen LogP contribution in [-0.4, -0.2) is 27.5 Å². The van der Waals surface area contributed by atoms with Gasteiger partial charge in [-0.25, -0.2) is 13.4 Å². The van der Waals surface area contributed by atoms with Gasteiger partial charge in [-0.2, -0.15) is 0 Å². The molecule has 1 aromatic heterocycles. The Kier molecular flexibility index (Phi) is 4.15. The van der Waals surface area contributed by atoms with E-state index in [-0.39, 0.29) is 4.90 Å². The Bertz CT molecular complexity index is 984. The summed E-state index contributed by atoms with van der Waals surface area (Å²) in [5.74, 6) is 0.845. The Balaban J connectivity index is 2.04. The molecule has 6 heteroatoms. The van der Waals surface area contributed by atoms with E-state index < -0.39 is 10.0 Å². The third-order valence-electron chi connectivity index (χ3n) is 3.77. The van der Waals surface area contributed by atoms with Crippen molar-refractivity contribution in [3.05, 3.63) is 60.2 Å². The predicted molar refractivity (Wildman–Crippen MR) is 98.1 cm³/mol. The molecule has 0 bridgehead atoms. The molecule has 0 unspecified atom stereocenters. The highest BCUT2D eigenvalue weighted by molar-refractivity contribution is 7.92. The number of aromatic nitrogens is 1. The predicted octanol–water partition coefficient (Wildman–Crippen LogP) is 3.41. The Morgan fingerprint density at radius 1 is 1.00 bits per heavy atom. The van der Waals surface area contributed by atoms with Gasteiger partial charge in [0.25, 0.3) is 10.0 Å². The number of para-hydroxylation sites is 1. The molecule has 0 atom stereocenters. The molecule has 0 fully saturated rings. The van der Waals surface area contributed by atoms with Crippen LogP contribution in [0.1, 0.15) is 5.56 Å². The number of nitrogens with one attached hydrogen (secondary N) is 1. The topological polar surface area (TPSA) is 62.3 Å². The number of hydrogen-bond donors (Lipinski definition) is 1. The maximum Gasteiger partial charge on any atom is 0.261 e. The molecule has 0 amide bonds. The minimum Gasteiger partial charge on any atom is -0.363 e. The van der Waals surface area contributed by atoms with Crippen LogP contribution in [0.15, 0.2) is 59.5 Å². The van der Waals surface area contributed by atoms with Gasteiger partial charge in [-0.05, 0) is 48.9 Å². The summed E-state index contributed by atoms with van der Waals surface area (Å²) < 4.78 is 27.8. The van der Waals surface area contributed by atoms with Gasteiger partial charge in [-0.3, -0.25) is 4.72 Å². The lowest BCUT2D eigenvalue weighted by atomic mass is 10.1. The number of fused-ring (bicyclic) bond motifs is 1. The summed E-state index contributed by atoms with van der Waals surface area (Å²) >= 11 is 0. The molecule has 0 saturated heterocycles. The number of rotatable bonds is 4. The summed E-state index contributed by atoms with van der Waals surface area (Å²) in [6, 6.07) is 15.8. The number of hydrogen-bond acceptors (Lipinski definition) is 4. The molecule has 24 heavy (non-hydrogen) atoms. The zero-order valence-electron chi connectivity index (χ0n) is 13.8. The Labute approximate surface area is 142 Å². The van der Waals surface area contributed by atoms with Gasteiger partial charge in [0.05, 0.1) is 10.4 Å². The highest BCUT2D eigenvalue weighted by Gasteiger charge is 2.16. The van der Waals surface area contributed by atoms with Crippen molar-refractivity contribution in [1.29, 1.82) is 0 Å². The summed E-state index contributed by atoms with van der Waals surface area (Å²) in [5.41, 5.74) is 2.30. The standard InChI is InChI=1S/C18H19N3O2S/c1-13-11-18(21(2)3)19-17-10-9-15(12-16(13)17)24(22,23)20-14-7-5-4-6-8-14/h4-12,20H,1-3H3. The number of nitrogens with zero attached hydrogens (tertiary/aromatic N) is 2. The van der Waals surface area contributed by atoms with Crippen LogP contribution >= 0.6 is 0 Å². The van der Waals surface area contributed by atoms with Gasteiger partial charge in [0.15, 0.2) is 0 Å². The van der Waals surface area contributed by atoms with E-state index in [0.717, 1.165) is 22.3 Å². The molecule has 1 heterocycles. The second kappa shape index (κ2) is 6.13. The third-order valence-corrected chi connectivity index (χ3v) is 5.15. The fourth-order valence-corrected chi connectivity index (χ4v) is 3.56. The molecule has 1 N–H and O–H groups in total. The van der Waals surface area contributed by atoms with Gasteiger partial charge in [-0.1, -0.05) is 18.2 Å². The summed E-state index contributed by atoms with van der Waals surface area (Å²) in [5, 5.41) is 0.830. The molecular formula is C18H19N3O2S. The van der Waals surface area contributed by atoms with Crippen LogP contribution in [0.4, 0.5) is 11.5 Å². The van der Waals surface area contributed by atoms with Crippen LogP contribution in [0.2, 0.25) is 0 Å². The van der Waals surface area contributed by atoms with Crippen molar-refractivity contribution in [2.24, 2.45) is 0 Å². The van der Waals surface area contributed by atoms with E-state index in [9.17, 15) is 8.42 Å². The van der Waals surface area contributed by atoms with Crippen molar-refractivity contribution in [3.8, 4) is 0 Å². The zero-order chi connectivity index (χ0) is 17.3. The van der Waals surface area contributed by atoms with Crippen molar-refractivity contribution in [2.45, 2.75) is 11.8 Å². The number of aryl methyl sites for hydroxylation is 1. The number of pyridine rings is 1. The van der Waals surface area contributed by atoms with Crippen molar-refractivity contribution in [1.82, 2.24) is 4.98 Å². The quantitative estimate of drug-likeness (QED) is 0.790. The van der Waals surface area contributed by atoms with Crippen molar-refractivity contribution in [2.75, 3.05) is 23.7 Å². The van der Waals surface area contributed by atoms with Crippen LogP contribution in [0.3, 0.4) is 0 Å². The lowest BCUT2D eigenvalue weighted by molar-refractivity contribution is 0.601. The summed E-state index contributed by atoms with van der Waals surface area (Å²) in [4.78, 5) is 6.70. The van der Waals surface area contributed by atoms with E-state index in [0.29, 0.717) is 5.69 Å². The van der Waals surface area contributed by atoms with Crippen LogP contribution < -0.4 is 9.62 Å². The SMILES string of the molecule is Cc1cc(N(C)C)nc2ccc(S(=O)(=O)Nc3ccccc3)cc12. The van der Waals surface area contributed by atoms with Gasteiger partial charge in [0, 0.05) is 25.2 Å². The molecule has 0 saturated carbocycles. The second-order valence-electron chi connectivity index (χ2n) is 5.84. The normalized spacial score (nSPS) is 11.5. The van der Waals surface area contributed by atoms with E-state index in [1.54, 1.807) is 42.5 Å². The number of anilines is 2. The fourth-order valence-electron chi connectivity index (χ4n) is 2.47. The Hall–Kier alpha value is -2.60. The highest BCUT2D eigenvalue weighted by Crippen LogP contribution is 2.25. The van der Waals surface area contributed by atoms with Gasteiger partial charge in [0.2, 0.25) is 0 Å². The second-order valence-corrected chi connectivity index (χ2v) is 7.52. The van der Waals surface area contributed by atoms with E-state index >= 15 is 0 Å². The zero-order valence-corrected chi connectivity index (χ0v) is 14.6. The average molecular weight is 341 g/mol. The Morgan fingerprint density at radius 3 is 2.38 bits per heavy atom. The minimum absolute atomic E-state index is 0.223. The van der Waals surface area contributed by atoms with Gasteiger partial charge in [0.1, 0.15) is 5.82 Å². The first-order valence-electron chi connectivity index (χ1n) is 7.53. The molecule has 0 radical (unpaired) electrons. The molecule has 0 aliphatic heterocycles. The molecule has 0 aliphatic carbocycles. The van der Waals surface area contributed by atoms with Crippen LogP contribution in [-0.2, 0) is 10.0 Å². The van der Waals surface area contributed by atoms with Gasteiger partial charge < -0.3 is 4.90 Å². The molecular weight excluding hydrogens is 322 g/mol. The van der Waals surface area contributed by atoms with Gasteiger partial charge in [-0.15, -0.1) is 0 Å². The highest BCUT2D eigenvalue weighted by atomic mass is 32.2.